The van der Waals surface area contributed by atoms with Gasteiger partial charge in [0, 0.05) is 13.1 Å². The minimum Gasteiger partial charge on any atom is -0.468 e. The van der Waals surface area contributed by atoms with E-state index in [2.05, 4.69) is 9.88 Å². The minimum absolute atomic E-state index is 0.482. The van der Waals surface area contributed by atoms with Gasteiger partial charge in [-0.05, 0) is 31.3 Å². The highest BCUT2D eigenvalue weighted by molar-refractivity contribution is 5.11. The SMILES string of the molecule is CN(Cc1cccc(CN)n1)Cc1ccco1. The average molecular weight is 231 g/mol. The van der Waals surface area contributed by atoms with Crippen molar-refractivity contribution in [2.75, 3.05) is 7.05 Å². The fourth-order valence-electron chi connectivity index (χ4n) is 1.73. The average Bonchev–Trinajstić information content (AvgIpc) is 2.82. The van der Waals surface area contributed by atoms with Crippen LogP contribution in [0.5, 0.6) is 0 Å². The molecule has 0 amide bonds. The number of hydrogen-bond acceptors (Lipinski definition) is 4. The van der Waals surface area contributed by atoms with Crippen LogP contribution in [0.4, 0.5) is 0 Å². The fourth-order valence-corrected chi connectivity index (χ4v) is 1.73. The first-order valence-electron chi connectivity index (χ1n) is 5.63. The highest BCUT2D eigenvalue weighted by atomic mass is 16.3. The maximum Gasteiger partial charge on any atom is 0.117 e. The smallest absolute Gasteiger partial charge is 0.117 e. The van der Waals surface area contributed by atoms with E-state index < -0.39 is 0 Å². The molecule has 0 spiro atoms. The molecule has 0 aliphatic rings. The van der Waals surface area contributed by atoms with Crippen LogP contribution in [-0.4, -0.2) is 16.9 Å². The van der Waals surface area contributed by atoms with Crippen molar-refractivity contribution in [2.45, 2.75) is 19.6 Å². The molecule has 0 bridgehead atoms. The van der Waals surface area contributed by atoms with Crippen LogP contribution in [0, 0.1) is 0 Å². The summed E-state index contributed by atoms with van der Waals surface area (Å²) in [6, 6.07) is 9.82. The van der Waals surface area contributed by atoms with E-state index >= 15 is 0 Å². The predicted molar refractivity (Wildman–Crippen MR) is 66.0 cm³/mol. The summed E-state index contributed by atoms with van der Waals surface area (Å²) >= 11 is 0. The molecule has 0 saturated carbocycles. The van der Waals surface area contributed by atoms with Crippen molar-refractivity contribution in [3.63, 3.8) is 0 Å². The largest absolute Gasteiger partial charge is 0.468 e. The summed E-state index contributed by atoms with van der Waals surface area (Å²) in [5.74, 6) is 0.961. The second-order valence-electron chi connectivity index (χ2n) is 4.08. The molecule has 4 nitrogen and oxygen atoms in total. The van der Waals surface area contributed by atoms with Crippen LogP contribution in [0.1, 0.15) is 17.1 Å². The molecule has 0 fully saturated rings. The highest BCUT2D eigenvalue weighted by Gasteiger charge is 2.04. The summed E-state index contributed by atoms with van der Waals surface area (Å²) in [6.07, 6.45) is 1.69. The van der Waals surface area contributed by atoms with Gasteiger partial charge in [0.2, 0.25) is 0 Å². The van der Waals surface area contributed by atoms with Crippen molar-refractivity contribution in [1.82, 2.24) is 9.88 Å². The lowest BCUT2D eigenvalue weighted by molar-refractivity contribution is 0.284. The van der Waals surface area contributed by atoms with Crippen LogP contribution in [0.2, 0.25) is 0 Å². The molecular formula is C13H17N3O. The molecule has 0 atom stereocenters. The first-order valence-corrected chi connectivity index (χ1v) is 5.63. The molecule has 2 rings (SSSR count). The lowest BCUT2D eigenvalue weighted by Crippen LogP contribution is -2.18. The Balaban J connectivity index is 1.95. The summed E-state index contributed by atoms with van der Waals surface area (Å²) in [4.78, 5) is 6.62. The van der Waals surface area contributed by atoms with E-state index in [1.54, 1.807) is 6.26 Å². The van der Waals surface area contributed by atoms with Crippen LogP contribution < -0.4 is 5.73 Å². The highest BCUT2D eigenvalue weighted by Crippen LogP contribution is 2.07. The Hall–Kier alpha value is -1.65. The normalized spacial score (nSPS) is 11.0. The van der Waals surface area contributed by atoms with Gasteiger partial charge >= 0.3 is 0 Å². The van der Waals surface area contributed by atoms with Crippen LogP contribution in [0.15, 0.2) is 41.0 Å². The number of pyridine rings is 1. The number of nitrogens with zero attached hydrogens (tertiary/aromatic N) is 2. The molecule has 17 heavy (non-hydrogen) atoms. The summed E-state index contributed by atoms with van der Waals surface area (Å²) in [5, 5.41) is 0. The van der Waals surface area contributed by atoms with E-state index in [1.165, 1.54) is 0 Å². The van der Waals surface area contributed by atoms with Gasteiger partial charge in [0.25, 0.3) is 0 Å². The van der Waals surface area contributed by atoms with Crippen molar-refractivity contribution >= 4 is 0 Å². The first-order chi connectivity index (χ1) is 8.28. The Morgan fingerprint density at radius 3 is 2.71 bits per heavy atom. The second kappa shape index (κ2) is 5.61. The minimum atomic E-state index is 0.482. The van der Waals surface area contributed by atoms with Gasteiger partial charge < -0.3 is 10.2 Å². The lowest BCUT2D eigenvalue weighted by atomic mass is 10.3. The Morgan fingerprint density at radius 1 is 1.18 bits per heavy atom. The summed E-state index contributed by atoms with van der Waals surface area (Å²) in [7, 11) is 2.04. The molecular weight excluding hydrogens is 214 g/mol. The van der Waals surface area contributed by atoms with Crippen LogP contribution in [-0.2, 0) is 19.6 Å². The number of aromatic nitrogens is 1. The zero-order valence-corrected chi connectivity index (χ0v) is 9.97. The van der Waals surface area contributed by atoms with E-state index in [0.717, 1.165) is 30.2 Å². The fraction of sp³-hybridized carbons (Fsp3) is 0.308. The van der Waals surface area contributed by atoms with Crippen LogP contribution in [0.3, 0.4) is 0 Å². The number of furan rings is 1. The maximum absolute atomic E-state index is 5.57. The molecule has 2 aromatic rings. The zero-order chi connectivity index (χ0) is 12.1. The molecule has 0 aliphatic carbocycles. The summed E-state index contributed by atoms with van der Waals surface area (Å²) < 4.78 is 5.30. The number of nitrogens with two attached hydrogens (primary N) is 1. The second-order valence-corrected chi connectivity index (χ2v) is 4.08. The van der Waals surface area contributed by atoms with E-state index in [1.807, 2.05) is 37.4 Å². The van der Waals surface area contributed by atoms with Gasteiger partial charge in [-0.15, -0.1) is 0 Å². The molecule has 0 saturated heterocycles. The number of rotatable bonds is 5. The van der Waals surface area contributed by atoms with Gasteiger partial charge in [-0.2, -0.15) is 0 Å². The van der Waals surface area contributed by atoms with E-state index in [0.29, 0.717) is 6.54 Å². The summed E-state index contributed by atoms with van der Waals surface area (Å²) in [5.41, 5.74) is 7.52. The van der Waals surface area contributed by atoms with E-state index in [-0.39, 0.29) is 0 Å². The third-order valence-corrected chi connectivity index (χ3v) is 2.51. The molecule has 0 aromatic carbocycles. The Bertz CT molecular complexity index is 453. The van der Waals surface area contributed by atoms with Crippen LogP contribution >= 0.6 is 0 Å². The van der Waals surface area contributed by atoms with Crippen molar-refractivity contribution in [1.29, 1.82) is 0 Å². The third-order valence-electron chi connectivity index (χ3n) is 2.51. The molecule has 2 heterocycles. The molecule has 2 N–H and O–H groups in total. The van der Waals surface area contributed by atoms with Gasteiger partial charge in [-0.25, -0.2) is 0 Å². The maximum atomic E-state index is 5.57. The topological polar surface area (TPSA) is 55.3 Å². The van der Waals surface area contributed by atoms with Gasteiger partial charge in [0.05, 0.1) is 24.2 Å². The van der Waals surface area contributed by atoms with Gasteiger partial charge in [-0.1, -0.05) is 6.07 Å². The monoisotopic (exact) mass is 231 g/mol. The molecule has 0 radical (unpaired) electrons. The zero-order valence-electron chi connectivity index (χ0n) is 9.97. The van der Waals surface area contributed by atoms with Crippen molar-refractivity contribution in [3.05, 3.63) is 53.7 Å². The van der Waals surface area contributed by atoms with E-state index in [4.69, 9.17) is 10.2 Å². The van der Waals surface area contributed by atoms with Gasteiger partial charge in [0.1, 0.15) is 5.76 Å². The lowest BCUT2D eigenvalue weighted by Gasteiger charge is -2.14. The Labute approximate surface area is 101 Å². The predicted octanol–water partition coefficient (Wildman–Crippen LogP) is 1.77. The van der Waals surface area contributed by atoms with Crippen molar-refractivity contribution in [3.8, 4) is 0 Å². The number of hydrogen-bond donors (Lipinski definition) is 1. The summed E-state index contributed by atoms with van der Waals surface area (Å²) in [6.45, 7) is 2.05. The molecule has 2 aromatic heterocycles. The van der Waals surface area contributed by atoms with E-state index in [9.17, 15) is 0 Å². The Kier molecular flexibility index (Phi) is 3.90. The molecule has 90 valence electrons. The quantitative estimate of drug-likeness (QED) is 0.852. The van der Waals surface area contributed by atoms with Crippen LogP contribution in [0.25, 0.3) is 0 Å². The standard InChI is InChI=1S/C13H17N3O/c1-16(10-13-6-3-7-17-13)9-12-5-2-4-11(8-14)15-12/h2-7H,8-10,14H2,1H3. The van der Waals surface area contributed by atoms with Gasteiger partial charge in [-0.3, -0.25) is 9.88 Å². The van der Waals surface area contributed by atoms with Crippen molar-refractivity contribution in [2.24, 2.45) is 5.73 Å². The first kappa shape index (κ1) is 11.8. The van der Waals surface area contributed by atoms with Crippen molar-refractivity contribution < 1.29 is 4.42 Å². The molecule has 0 aliphatic heterocycles. The molecule has 4 heteroatoms. The third kappa shape index (κ3) is 3.41. The molecule has 0 unspecified atom stereocenters. The Morgan fingerprint density at radius 2 is 2.00 bits per heavy atom. The van der Waals surface area contributed by atoms with Gasteiger partial charge in [0.15, 0.2) is 0 Å².